The summed E-state index contributed by atoms with van der Waals surface area (Å²) in [5, 5.41) is 7.45. The van der Waals surface area contributed by atoms with E-state index < -0.39 is 0 Å². The average molecular weight is 182 g/mol. The van der Waals surface area contributed by atoms with Crippen molar-refractivity contribution in [2.24, 2.45) is 12.8 Å². The summed E-state index contributed by atoms with van der Waals surface area (Å²) in [7, 11) is 1.92. The van der Waals surface area contributed by atoms with Crippen molar-refractivity contribution in [3.8, 4) is 0 Å². The second-order valence-electron chi connectivity index (χ2n) is 4.14. The van der Waals surface area contributed by atoms with Crippen LogP contribution in [0.4, 0.5) is 5.82 Å². The van der Waals surface area contributed by atoms with Gasteiger partial charge in [-0.2, -0.15) is 5.10 Å². The molecule has 74 valence electrons. The van der Waals surface area contributed by atoms with Crippen molar-refractivity contribution in [3.63, 3.8) is 0 Å². The minimum atomic E-state index is -0.203. The van der Waals surface area contributed by atoms with Crippen LogP contribution in [0.2, 0.25) is 0 Å². The summed E-state index contributed by atoms with van der Waals surface area (Å²) < 4.78 is 1.84. The molecule has 0 unspecified atom stereocenters. The van der Waals surface area contributed by atoms with Gasteiger partial charge in [0.25, 0.3) is 0 Å². The minimum Gasteiger partial charge on any atom is -0.367 e. The Balaban J connectivity index is 2.56. The van der Waals surface area contributed by atoms with Crippen molar-refractivity contribution in [1.82, 2.24) is 9.78 Å². The van der Waals surface area contributed by atoms with Gasteiger partial charge in [-0.05, 0) is 20.8 Å². The van der Waals surface area contributed by atoms with Crippen LogP contribution in [0.3, 0.4) is 0 Å². The quantitative estimate of drug-likeness (QED) is 0.729. The highest BCUT2D eigenvalue weighted by atomic mass is 15.3. The molecule has 0 aliphatic heterocycles. The lowest BCUT2D eigenvalue weighted by molar-refractivity contribution is 0.548. The van der Waals surface area contributed by atoms with E-state index >= 15 is 0 Å². The monoisotopic (exact) mass is 182 g/mol. The molecule has 0 aliphatic rings. The van der Waals surface area contributed by atoms with Crippen molar-refractivity contribution in [3.05, 3.63) is 11.8 Å². The van der Waals surface area contributed by atoms with Crippen LogP contribution in [0.5, 0.6) is 0 Å². The number of nitrogens with one attached hydrogen (secondary N) is 1. The molecule has 0 bridgehead atoms. The predicted octanol–water partition coefficient (Wildman–Crippen LogP) is 0.878. The summed E-state index contributed by atoms with van der Waals surface area (Å²) in [6.45, 7) is 6.71. The number of aromatic nitrogens is 2. The van der Waals surface area contributed by atoms with Crippen LogP contribution in [0.25, 0.3) is 0 Å². The first-order valence-electron chi connectivity index (χ1n) is 4.42. The van der Waals surface area contributed by atoms with E-state index in [0.717, 1.165) is 18.1 Å². The lowest BCUT2D eigenvalue weighted by Gasteiger charge is -2.18. The van der Waals surface area contributed by atoms with Crippen LogP contribution >= 0.6 is 0 Å². The van der Waals surface area contributed by atoms with Gasteiger partial charge < -0.3 is 11.1 Å². The van der Waals surface area contributed by atoms with Gasteiger partial charge in [-0.1, -0.05) is 0 Å². The molecule has 0 atom stereocenters. The highest BCUT2D eigenvalue weighted by Crippen LogP contribution is 2.07. The van der Waals surface area contributed by atoms with Crippen molar-refractivity contribution in [1.29, 1.82) is 0 Å². The summed E-state index contributed by atoms with van der Waals surface area (Å²) >= 11 is 0. The number of aryl methyl sites for hydroxylation is 2. The van der Waals surface area contributed by atoms with E-state index in [4.69, 9.17) is 5.73 Å². The number of nitrogens with zero attached hydrogens (tertiary/aromatic N) is 2. The summed E-state index contributed by atoms with van der Waals surface area (Å²) in [5.41, 5.74) is 6.76. The topological polar surface area (TPSA) is 55.9 Å². The molecule has 0 fully saturated rings. The number of rotatable bonds is 3. The molecule has 3 N–H and O–H groups in total. The van der Waals surface area contributed by atoms with Gasteiger partial charge in [-0.3, -0.25) is 4.68 Å². The Morgan fingerprint density at radius 2 is 2.23 bits per heavy atom. The van der Waals surface area contributed by atoms with Crippen molar-refractivity contribution >= 4 is 5.82 Å². The molecule has 0 aliphatic carbocycles. The molecule has 0 spiro atoms. The van der Waals surface area contributed by atoms with E-state index in [1.807, 2.05) is 38.6 Å². The standard InChI is InChI=1S/C9H18N4/c1-7-5-8(12-13(7)4)11-6-9(2,3)10/h5H,6,10H2,1-4H3,(H,11,12). The number of hydrogen-bond donors (Lipinski definition) is 2. The zero-order chi connectivity index (χ0) is 10.1. The molecule has 1 aromatic heterocycles. The fraction of sp³-hybridized carbons (Fsp3) is 0.667. The molecule has 0 aromatic carbocycles. The SMILES string of the molecule is Cc1cc(NCC(C)(C)N)nn1C. The van der Waals surface area contributed by atoms with Gasteiger partial charge in [0.2, 0.25) is 0 Å². The normalized spacial score (nSPS) is 11.8. The Kier molecular flexibility index (Phi) is 2.61. The number of anilines is 1. The highest BCUT2D eigenvalue weighted by molar-refractivity contribution is 5.35. The lowest BCUT2D eigenvalue weighted by Crippen LogP contribution is -2.39. The average Bonchev–Trinajstić information content (AvgIpc) is 2.27. The predicted molar refractivity (Wildman–Crippen MR) is 54.7 cm³/mol. The fourth-order valence-electron chi connectivity index (χ4n) is 0.965. The molecule has 1 rings (SSSR count). The Hall–Kier alpha value is -1.03. The van der Waals surface area contributed by atoms with Crippen molar-refractivity contribution in [2.75, 3.05) is 11.9 Å². The molecule has 1 aromatic rings. The third-order valence-electron chi connectivity index (χ3n) is 1.84. The van der Waals surface area contributed by atoms with Crippen LogP contribution in [0.15, 0.2) is 6.07 Å². The van der Waals surface area contributed by atoms with Crippen LogP contribution < -0.4 is 11.1 Å². The molecule has 4 heteroatoms. The molecule has 4 nitrogen and oxygen atoms in total. The summed E-state index contributed by atoms with van der Waals surface area (Å²) in [6, 6.07) is 2.01. The van der Waals surface area contributed by atoms with E-state index in [9.17, 15) is 0 Å². The molecule has 0 amide bonds. The first-order chi connectivity index (χ1) is 5.88. The van der Waals surface area contributed by atoms with Crippen LogP contribution in [0, 0.1) is 6.92 Å². The smallest absolute Gasteiger partial charge is 0.148 e. The highest BCUT2D eigenvalue weighted by Gasteiger charge is 2.10. The Morgan fingerprint density at radius 1 is 1.62 bits per heavy atom. The third-order valence-corrected chi connectivity index (χ3v) is 1.84. The van der Waals surface area contributed by atoms with Crippen LogP contribution in [-0.4, -0.2) is 21.9 Å². The van der Waals surface area contributed by atoms with E-state index in [2.05, 4.69) is 10.4 Å². The minimum absolute atomic E-state index is 0.203. The maximum Gasteiger partial charge on any atom is 0.148 e. The van der Waals surface area contributed by atoms with Gasteiger partial charge in [0, 0.05) is 30.9 Å². The van der Waals surface area contributed by atoms with E-state index in [1.54, 1.807) is 0 Å². The molecule has 13 heavy (non-hydrogen) atoms. The zero-order valence-corrected chi connectivity index (χ0v) is 8.76. The van der Waals surface area contributed by atoms with E-state index in [1.165, 1.54) is 0 Å². The molecule has 0 saturated heterocycles. The largest absolute Gasteiger partial charge is 0.367 e. The molecular formula is C9H18N4. The molecule has 1 heterocycles. The van der Waals surface area contributed by atoms with Gasteiger partial charge in [0.1, 0.15) is 5.82 Å². The van der Waals surface area contributed by atoms with Gasteiger partial charge in [-0.25, -0.2) is 0 Å². The lowest BCUT2D eigenvalue weighted by atomic mass is 10.1. The zero-order valence-electron chi connectivity index (χ0n) is 8.76. The van der Waals surface area contributed by atoms with E-state index in [-0.39, 0.29) is 5.54 Å². The van der Waals surface area contributed by atoms with E-state index in [0.29, 0.717) is 0 Å². The van der Waals surface area contributed by atoms with Gasteiger partial charge in [0.05, 0.1) is 0 Å². The third kappa shape index (κ3) is 3.06. The number of hydrogen-bond acceptors (Lipinski definition) is 3. The van der Waals surface area contributed by atoms with Gasteiger partial charge >= 0.3 is 0 Å². The Bertz CT molecular complexity index is 263. The second-order valence-corrected chi connectivity index (χ2v) is 4.14. The van der Waals surface area contributed by atoms with Gasteiger partial charge in [-0.15, -0.1) is 0 Å². The van der Waals surface area contributed by atoms with Crippen LogP contribution in [-0.2, 0) is 7.05 Å². The van der Waals surface area contributed by atoms with Crippen LogP contribution in [0.1, 0.15) is 19.5 Å². The second kappa shape index (κ2) is 3.38. The Labute approximate surface area is 79.1 Å². The summed E-state index contributed by atoms with van der Waals surface area (Å²) in [5.74, 6) is 0.888. The fourth-order valence-corrected chi connectivity index (χ4v) is 0.965. The summed E-state index contributed by atoms with van der Waals surface area (Å²) in [6.07, 6.45) is 0. The maximum atomic E-state index is 5.83. The maximum absolute atomic E-state index is 5.83. The van der Waals surface area contributed by atoms with Gasteiger partial charge in [0.15, 0.2) is 0 Å². The Morgan fingerprint density at radius 3 is 2.62 bits per heavy atom. The first kappa shape index (κ1) is 10.1. The first-order valence-corrected chi connectivity index (χ1v) is 4.42. The summed E-state index contributed by atoms with van der Waals surface area (Å²) in [4.78, 5) is 0. The number of nitrogens with two attached hydrogens (primary N) is 1. The molecule has 0 radical (unpaired) electrons. The van der Waals surface area contributed by atoms with Crippen molar-refractivity contribution < 1.29 is 0 Å². The van der Waals surface area contributed by atoms with Crippen molar-refractivity contribution in [2.45, 2.75) is 26.3 Å². The molecule has 0 saturated carbocycles. The molecular weight excluding hydrogens is 164 g/mol.